The van der Waals surface area contributed by atoms with E-state index in [0.29, 0.717) is 6.61 Å². The minimum Gasteiger partial charge on any atom is -0.383 e. The van der Waals surface area contributed by atoms with Crippen LogP contribution in [0.15, 0.2) is 0 Å². The molecule has 1 nitrogen and oxygen atoms in total. The van der Waals surface area contributed by atoms with Crippen LogP contribution in [0, 0.1) is 0 Å². The average molecular weight is 197 g/mol. The molecule has 0 aromatic heterocycles. The molecule has 0 aliphatic heterocycles. The topological polar surface area (TPSA) is 9.23 Å². The second-order valence-corrected chi connectivity index (χ2v) is 4.25. The summed E-state index contributed by atoms with van der Waals surface area (Å²) < 4.78 is 4.92. The number of halogens is 1. The van der Waals surface area contributed by atoms with Crippen LogP contribution in [0.4, 0.5) is 0 Å². The third-order valence-corrected chi connectivity index (χ3v) is 2.97. The fourth-order valence-electron chi connectivity index (χ4n) is 0.687. The lowest BCUT2D eigenvalue weighted by Crippen LogP contribution is -2.10. The monoisotopic (exact) mass is 196 g/mol. The van der Waals surface area contributed by atoms with Gasteiger partial charge in [0.15, 0.2) is 0 Å². The molecule has 0 aliphatic carbocycles. The Bertz CT molecular complexity index is 80.5. The highest BCUT2D eigenvalue weighted by Gasteiger charge is 2.02. The van der Waals surface area contributed by atoms with Gasteiger partial charge in [0.1, 0.15) is 0 Å². The molecule has 0 spiro atoms. The summed E-state index contributed by atoms with van der Waals surface area (Å²) in [5, 5.41) is 0.182. The Morgan fingerprint density at radius 1 is 1.55 bits per heavy atom. The first kappa shape index (κ1) is 11.6. The predicted octanol–water partition coefficient (Wildman–Crippen LogP) is 2.77. The second-order valence-electron chi connectivity index (χ2n) is 2.48. The van der Waals surface area contributed by atoms with Crippen molar-refractivity contribution in [1.82, 2.24) is 0 Å². The van der Waals surface area contributed by atoms with Crippen molar-refractivity contribution in [2.45, 2.75) is 25.1 Å². The van der Waals surface area contributed by atoms with Gasteiger partial charge in [-0.05, 0) is 12.2 Å². The molecule has 0 fully saturated rings. The molecule has 3 heteroatoms. The van der Waals surface area contributed by atoms with Gasteiger partial charge in [-0.15, -0.1) is 11.6 Å². The quantitative estimate of drug-likeness (QED) is 0.458. The molecule has 0 N–H and O–H groups in total. The van der Waals surface area contributed by atoms with E-state index in [1.807, 2.05) is 11.8 Å². The summed E-state index contributed by atoms with van der Waals surface area (Å²) in [6.45, 7) is 2.87. The molecule has 11 heavy (non-hydrogen) atoms. The van der Waals surface area contributed by atoms with Crippen LogP contribution in [0.2, 0.25) is 0 Å². The van der Waals surface area contributed by atoms with E-state index in [1.54, 1.807) is 7.11 Å². The standard InChI is InChI=1S/C8H17ClOS/c1-3-4-5-11-7-8(9)6-10-2/h8H,3-7H2,1-2H3. The number of rotatable bonds is 7. The number of unbranched alkanes of at least 4 members (excludes halogenated alkanes) is 1. The van der Waals surface area contributed by atoms with E-state index in [0.717, 1.165) is 5.75 Å². The van der Waals surface area contributed by atoms with Crippen LogP contribution in [0.1, 0.15) is 19.8 Å². The van der Waals surface area contributed by atoms with E-state index in [1.165, 1.54) is 18.6 Å². The Morgan fingerprint density at radius 2 is 2.27 bits per heavy atom. The first-order valence-electron chi connectivity index (χ1n) is 4.02. The van der Waals surface area contributed by atoms with Crippen LogP contribution < -0.4 is 0 Å². The fraction of sp³-hybridized carbons (Fsp3) is 1.00. The van der Waals surface area contributed by atoms with E-state index in [4.69, 9.17) is 16.3 Å². The molecule has 0 aliphatic rings. The lowest BCUT2D eigenvalue weighted by Gasteiger charge is -2.06. The molecule has 0 aromatic carbocycles. The van der Waals surface area contributed by atoms with Crippen LogP contribution in [0.5, 0.6) is 0 Å². The molecule has 0 saturated carbocycles. The zero-order valence-corrected chi connectivity index (χ0v) is 8.88. The summed E-state index contributed by atoms with van der Waals surface area (Å²) in [6, 6.07) is 0. The summed E-state index contributed by atoms with van der Waals surface area (Å²) in [6.07, 6.45) is 2.56. The smallest absolute Gasteiger partial charge is 0.0659 e. The van der Waals surface area contributed by atoms with Gasteiger partial charge in [0.25, 0.3) is 0 Å². The van der Waals surface area contributed by atoms with Crippen molar-refractivity contribution in [3.63, 3.8) is 0 Å². The van der Waals surface area contributed by atoms with E-state index in [9.17, 15) is 0 Å². The maximum absolute atomic E-state index is 5.91. The van der Waals surface area contributed by atoms with Gasteiger partial charge >= 0.3 is 0 Å². The maximum atomic E-state index is 5.91. The Morgan fingerprint density at radius 3 is 2.82 bits per heavy atom. The van der Waals surface area contributed by atoms with Crippen molar-refractivity contribution in [3.05, 3.63) is 0 Å². The molecule has 0 bridgehead atoms. The number of thioether (sulfide) groups is 1. The number of alkyl halides is 1. The molecule has 0 aromatic rings. The van der Waals surface area contributed by atoms with Crippen molar-refractivity contribution < 1.29 is 4.74 Å². The average Bonchev–Trinajstić information content (AvgIpc) is 1.99. The fourth-order valence-corrected chi connectivity index (χ4v) is 2.09. The van der Waals surface area contributed by atoms with Crippen molar-refractivity contribution in [2.24, 2.45) is 0 Å². The molecular formula is C8H17ClOS. The molecule has 0 saturated heterocycles. The number of hydrogen-bond acceptors (Lipinski definition) is 2. The molecule has 0 radical (unpaired) electrons. The summed E-state index contributed by atoms with van der Waals surface area (Å²) in [5.74, 6) is 2.23. The molecule has 0 heterocycles. The van der Waals surface area contributed by atoms with Crippen molar-refractivity contribution in [1.29, 1.82) is 0 Å². The van der Waals surface area contributed by atoms with Gasteiger partial charge < -0.3 is 4.74 Å². The Labute approximate surface area is 78.8 Å². The van der Waals surface area contributed by atoms with E-state index >= 15 is 0 Å². The largest absolute Gasteiger partial charge is 0.383 e. The maximum Gasteiger partial charge on any atom is 0.0659 e. The van der Waals surface area contributed by atoms with Crippen molar-refractivity contribution >= 4 is 23.4 Å². The Balaban J connectivity index is 2.97. The van der Waals surface area contributed by atoms with E-state index in [-0.39, 0.29) is 5.38 Å². The number of methoxy groups -OCH3 is 1. The Kier molecular flexibility index (Phi) is 9.17. The van der Waals surface area contributed by atoms with E-state index < -0.39 is 0 Å². The van der Waals surface area contributed by atoms with Crippen LogP contribution in [0.3, 0.4) is 0 Å². The van der Waals surface area contributed by atoms with Gasteiger partial charge in [-0.1, -0.05) is 13.3 Å². The second kappa shape index (κ2) is 8.69. The molecule has 0 rings (SSSR count). The van der Waals surface area contributed by atoms with Gasteiger partial charge in [-0.25, -0.2) is 0 Å². The van der Waals surface area contributed by atoms with Crippen LogP contribution in [0.25, 0.3) is 0 Å². The minimum absolute atomic E-state index is 0.182. The van der Waals surface area contributed by atoms with Crippen LogP contribution >= 0.6 is 23.4 Å². The summed E-state index contributed by atoms with van der Waals surface area (Å²) >= 11 is 7.83. The predicted molar refractivity (Wildman–Crippen MR) is 53.8 cm³/mol. The first-order chi connectivity index (χ1) is 5.31. The molecule has 68 valence electrons. The third-order valence-electron chi connectivity index (χ3n) is 1.29. The van der Waals surface area contributed by atoms with E-state index in [2.05, 4.69) is 6.92 Å². The normalized spacial score (nSPS) is 13.4. The van der Waals surface area contributed by atoms with Crippen molar-refractivity contribution in [2.75, 3.05) is 25.2 Å². The van der Waals surface area contributed by atoms with Gasteiger partial charge in [-0.3, -0.25) is 0 Å². The highest BCUT2D eigenvalue weighted by atomic mass is 35.5. The lowest BCUT2D eigenvalue weighted by molar-refractivity contribution is 0.202. The zero-order valence-electron chi connectivity index (χ0n) is 7.31. The summed E-state index contributed by atoms with van der Waals surface area (Å²) in [7, 11) is 1.69. The number of ether oxygens (including phenoxy) is 1. The third kappa shape index (κ3) is 8.51. The molecule has 1 atom stereocenters. The van der Waals surface area contributed by atoms with Gasteiger partial charge in [-0.2, -0.15) is 11.8 Å². The van der Waals surface area contributed by atoms with Crippen molar-refractivity contribution in [3.8, 4) is 0 Å². The summed E-state index contributed by atoms with van der Waals surface area (Å²) in [4.78, 5) is 0. The van der Waals surface area contributed by atoms with Gasteiger partial charge in [0, 0.05) is 12.9 Å². The zero-order chi connectivity index (χ0) is 8.53. The lowest BCUT2D eigenvalue weighted by atomic mass is 10.4. The molecule has 0 amide bonds. The summed E-state index contributed by atoms with van der Waals surface area (Å²) in [5.41, 5.74) is 0. The Hall–Kier alpha value is 0.600. The number of hydrogen-bond donors (Lipinski definition) is 0. The minimum atomic E-state index is 0.182. The highest BCUT2D eigenvalue weighted by molar-refractivity contribution is 7.99. The van der Waals surface area contributed by atoms with Gasteiger partial charge in [0.2, 0.25) is 0 Å². The van der Waals surface area contributed by atoms with Crippen LogP contribution in [-0.4, -0.2) is 30.6 Å². The van der Waals surface area contributed by atoms with Gasteiger partial charge in [0.05, 0.1) is 12.0 Å². The van der Waals surface area contributed by atoms with Crippen LogP contribution in [-0.2, 0) is 4.74 Å². The molecule has 1 unspecified atom stereocenters. The SMILES string of the molecule is CCCCSCC(Cl)COC. The first-order valence-corrected chi connectivity index (χ1v) is 5.61. The molecular weight excluding hydrogens is 180 g/mol. The highest BCUT2D eigenvalue weighted by Crippen LogP contribution is 2.10.